The molecule has 0 fully saturated rings. The molecule has 0 heterocycles. The van der Waals surface area contributed by atoms with Gasteiger partial charge in [0.05, 0.1) is 6.42 Å². The van der Waals surface area contributed by atoms with Gasteiger partial charge in [0.25, 0.3) is 0 Å². The van der Waals surface area contributed by atoms with Crippen LogP contribution in [0, 0.1) is 0 Å². The minimum Gasteiger partial charge on any atom is -0.508 e. The Balaban J connectivity index is 0.00000180. The second-order valence-corrected chi connectivity index (χ2v) is 4.22. The quantitative estimate of drug-likeness (QED) is 0.881. The standard InChI is InChI=1S/C13H12F3NO.ClH/c14-13(15,16)7-12(17)10-2-1-9-6-11(18)4-3-8(9)5-10;/h1-6,12,18H,7,17H2;1H/t12-;/m1./s1. The largest absolute Gasteiger partial charge is 0.508 e. The number of nitrogens with two attached hydrogens (primary N) is 1. The zero-order valence-corrected chi connectivity index (χ0v) is 10.6. The van der Waals surface area contributed by atoms with Gasteiger partial charge in [0.2, 0.25) is 0 Å². The summed E-state index contributed by atoms with van der Waals surface area (Å²) in [5.41, 5.74) is 5.97. The van der Waals surface area contributed by atoms with Crippen molar-refractivity contribution in [3.8, 4) is 5.75 Å². The molecule has 2 nitrogen and oxygen atoms in total. The van der Waals surface area contributed by atoms with Crippen LogP contribution in [0.25, 0.3) is 10.8 Å². The summed E-state index contributed by atoms with van der Waals surface area (Å²) in [4.78, 5) is 0. The number of fused-ring (bicyclic) bond motifs is 1. The van der Waals surface area contributed by atoms with E-state index >= 15 is 0 Å². The molecule has 0 saturated carbocycles. The fourth-order valence-corrected chi connectivity index (χ4v) is 1.85. The van der Waals surface area contributed by atoms with Gasteiger partial charge in [0.15, 0.2) is 0 Å². The van der Waals surface area contributed by atoms with Crippen LogP contribution in [0.2, 0.25) is 0 Å². The molecule has 0 bridgehead atoms. The van der Waals surface area contributed by atoms with Crippen LogP contribution < -0.4 is 5.73 Å². The van der Waals surface area contributed by atoms with Crippen molar-refractivity contribution in [1.29, 1.82) is 0 Å². The van der Waals surface area contributed by atoms with Gasteiger partial charge in [-0.05, 0) is 34.5 Å². The zero-order valence-electron chi connectivity index (χ0n) is 9.82. The second kappa shape index (κ2) is 5.67. The number of hydrogen-bond acceptors (Lipinski definition) is 2. The maximum atomic E-state index is 12.2. The SMILES string of the molecule is Cl.N[C@H](CC(F)(F)F)c1ccc2cc(O)ccc2c1. The molecule has 0 aliphatic rings. The van der Waals surface area contributed by atoms with Gasteiger partial charge in [-0.15, -0.1) is 12.4 Å². The van der Waals surface area contributed by atoms with Gasteiger partial charge in [-0.1, -0.05) is 18.2 Å². The average Bonchev–Trinajstić information content (AvgIpc) is 2.26. The molecule has 104 valence electrons. The third-order valence-corrected chi connectivity index (χ3v) is 2.73. The molecule has 0 aliphatic heterocycles. The summed E-state index contributed by atoms with van der Waals surface area (Å²) in [5, 5.41) is 10.8. The number of phenolic OH excluding ortho intramolecular Hbond substituents is 1. The van der Waals surface area contributed by atoms with Gasteiger partial charge in [-0.25, -0.2) is 0 Å². The highest BCUT2D eigenvalue weighted by Gasteiger charge is 2.30. The average molecular weight is 292 g/mol. The maximum absolute atomic E-state index is 12.2. The highest BCUT2D eigenvalue weighted by Crippen LogP contribution is 2.30. The lowest BCUT2D eigenvalue weighted by Gasteiger charge is -2.15. The predicted molar refractivity (Wildman–Crippen MR) is 70.5 cm³/mol. The van der Waals surface area contributed by atoms with Gasteiger partial charge in [0, 0.05) is 6.04 Å². The van der Waals surface area contributed by atoms with Gasteiger partial charge in [-0.2, -0.15) is 13.2 Å². The van der Waals surface area contributed by atoms with Gasteiger partial charge in [-0.3, -0.25) is 0 Å². The summed E-state index contributed by atoms with van der Waals surface area (Å²) < 4.78 is 36.7. The van der Waals surface area contributed by atoms with Crippen LogP contribution in [0.4, 0.5) is 13.2 Å². The van der Waals surface area contributed by atoms with Crippen molar-refractivity contribution in [2.75, 3.05) is 0 Å². The Labute approximate surface area is 114 Å². The Morgan fingerprint density at radius 2 is 1.63 bits per heavy atom. The molecule has 3 N–H and O–H groups in total. The second-order valence-electron chi connectivity index (χ2n) is 4.22. The molecule has 6 heteroatoms. The molecular weight excluding hydrogens is 279 g/mol. The third kappa shape index (κ3) is 4.01. The Morgan fingerprint density at radius 1 is 1.05 bits per heavy atom. The minimum absolute atomic E-state index is 0. The van der Waals surface area contributed by atoms with Crippen molar-refractivity contribution in [3.63, 3.8) is 0 Å². The highest BCUT2D eigenvalue weighted by atomic mass is 35.5. The van der Waals surface area contributed by atoms with E-state index in [-0.39, 0.29) is 18.2 Å². The van der Waals surface area contributed by atoms with Crippen molar-refractivity contribution in [2.24, 2.45) is 5.73 Å². The Bertz CT molecular complexity index is 571. The Morgan fingerprint density at radius 3 is 2.26 bits per heavy atom. The lowest BCUT2D eigenvalue weighted by atomic mass is 10.00. The van der Waals surface area contributed by atoms with Crippen LogP contribution in [0.15, 0.2) is 36.4 Å². The summed E-state index contributed by atoms with van der Waals surface area (Å²) in [5.74, 6) is 0.120. The van der Waals surface area contributed by atoms with Gasteiger partial charge in [0.1, 0.15) is 5.75 Å². The summed E-state index contributed by atoms with van der Waals surface area (Å²) in [6.45, 7) is 0. The van der Waals surface area contributed by atoms with Crippen molar-refractivity contribution in [3.05, 3.63) is 42.0 Å². The summed E-state index contributed by atoms with van der Waals surface area (Å²) in [6.07, 6.45) is -5.32. The van der Waals surface area contributed by atoms with E-state index in [2.05, 4.69) is 0 Å². The van der Waals surface area contributed by atoms with Crippen molar-refractivity contribution >= 4 is 23.2 Å². The molecule has 0 aromatic heterocycles. The van der Waals surface area contributed by atoms with Crippen LogP contribution in [-0.2, 0) is 0 Å². The molecular formula is C13H13ClF3NO. The third-order valence-electron chi connectivity index (χ3n) is 2.73. The maximum Gasteiger partial charge on any atom is 0.390 e. The van der Waals surface area contributed by atoms with E-state index in [1.807, 2.05) is 0 Å². The smallest absolute Gasteiger partial charge is 0.390 e. The first kappa shape index (κ1) is 15.6. The molecule has 2 aromatic carbocycles. The highest BCUT2D eigenvalue weighted by molar-refractivity contribution is 5.85. The summed E-state index contributed by atoms with van der Waals surface area (Å²) in [7, 11) is 0. The molecule has 0 spiro atoms. The molecule has 2 aromatic rings. The molecule has 19 heavy (non-hydrogen) atoms. The zero-order chi connectivity index (χ0) is 13.3. The first-order chi connectivity index (χ1) is 8.35. The van der Waals surface area contributed by atoms with E-state index in [0.29, 0.717) is 5.56 Å². The number of benzene rings is 2. The van der Waals surface area contributed by atoms with Crippen LogP contribution in [0.1, 0.15) is 18.0 Å². The number of alkyl halides is 3. The van der Waals surface area contributed by atoms with Gasteiger partial charge < -0.3 is 10.8 Å². The topological polar surface area (TPSA) is 46.2 Å². The molecule has 0 unspecified atom stereocenters. The number of rotatable bonds is 2. The predicted octanol–water partition coefficient (Wildman–Crippen LogP) is 3.92. The summed E-state index contributed by atoms with van der Waals surface area (Å²) >= 11 is 0. The van der Waals surface area contributed by atoms with Gasteiger partial charge >= 0.3 is 6.18 Å². The first-order valence-electron chi connectivity index (χ1n) is 5.40. The summed E-state index contributed by atoms with van der Waals surface area (Å²) in [6, 6.07) is 8.44. The van der Waals surface area contributed by atoms with Crippen molar-refractivity contribution in [1.82, 2.24) is 0 Å². The molecule has 0 amide bonds. The molecule has 0 radical (unpaired) electrons. The Hall–Kier alpha value is -1.46. The molecule has 1 atom stereocenters. The van der Waals surface area contributed by atoms with Crippen LogP contribution >= 0.6 is 12.4 Å². The van der Waals surface area contributed by atoms with Crippen molar-refractivity contribution in [2.45, 2.75) is 18.6 Å². The Kier molecular flexibility index (Phi) is 4.66. The molecule has 0 saturated heterocycles. The van der Waals surface area contributed by atoms with E-state index in [9.17, 15) is 18.3 Å². The first-order valence-corrected chi connectivity index (χ1v) is 5.40. The normalized spacial score (nSPS) is 13.1. The van der Waals surface area contributed by atoms with E-state index in [4.69, 9.17) is 5.73 Å². The van der Waals surface area contributed by atoms with Crippen LogP contribution in [0.3, 0.4) is 0 Å². The van der Waals surface area contributed by atoms with Crippen molar-refractivity contribution < 1.29 is 18.3 Å². The number of halogens is 4. The number of phenols is 1. The lowest BCUT2D eigenvalue weighted by molar-refractivity contribution is -0.138. The van der Waals surface area contributed by atoms with E-state index in [0.717, 1.165) is 10.8 Å². The lowest BCUT2D eigenvalue weighted by Crippen LogP contribution is -2.20. The monoisotopic (exact) mass is 291 g/mol. The van der Waals surface area contributed by atoms with E-state index in [1.54, 1.807) is 30.3 Å². The minimum atomic E-state index is -4.27. The molecule has 0 aliphatic carbocycles. The van der Waals surface area contributed by atoms with Crippen LogP contribution in [0.5, 0.6) is 5.75 Å². The van der Waals surface area contributed by atoms with Crippen LogP contribution in [-0.4, -0.2) is 11.3 Å². The van der Waals surface area contributed by atoms with E-state index < -0.39 is 18.6 Å². The number of aromatic hydroxyl groups is 1. The fraction of sp³-hybridized carbons (Fsp3) is 0.231. The molecule has 2 rings (SSSR count). The fourth-order valence-electron chi connectivity index (χ4n) is 1.85. The number of hydrogen-bond donors (Lipinski definition) is 2. The van der Waals surface area contributed by atoms with E-state index in [1.165, 1.54) is 6.07 Å².